The van der Waals surface area contributed by atoms with Crippen LogP contribution < -0.4 is 0 Å². The summed E-state index contributed by atoms with van der Waals surface area (Å²) in [5.74, 6) is -3.58. The van der Waals surface area contributed by atoms with Crippen LogP contribution in [0.1, 0.15) is 55.4 Å². The fourth-order valence-corrected chi connectivity index (χ4v) is 2.71. The minimum absolute atomic E-state index is 0.247. The molecule has 3 aliphatic rings. The molecule has 0 amide bonds. The van der Waals surface area contributed by atoms with Crippen molar-refractivity contribution in [1.29, 1.82) is 0 Å². The number of nitrogens with zero attached hydrogens (tertiary/aromatic N) is 2. The Morgan fingerprint density at radius 1 is 0.805 bits per heavy atom. The molecule has 0 aliphatic carbocycles. The summed E-state index contributed by atoms with van der Waals surface area (Å²) >= 11 is 6.10. The molecular formula is C24H37BBrN2O12S. The van der Waals surface area contributed by atoms with E-state index in [9.17, 15) is 28.8 Å². The van der Waals surface area contributed by atoms with Crippen LogP contribution in [0.3, 0.4) is 0 Å². The number of cyclic esters (lactones) is 6. The van der Waals surface area contributed by atoms with Crippen LogP contribution in [0.5, 0.6) is 0 Å². The minimum atomic E-state index is -1.31. The van der Waals surface area contributed by atoms with Gasteiger partial charge in [0, 0.05) is 0 Å². The molecule has 0 spiro atoms. The van der Waals surface area contributed by atoms with E-state index in [4.69, 9.17) is 4.74 Å². The van der Waals surface area contributed by atoms with Crippen molar-refractivity contribution >= 4 is 72.2 Å². The average molecular weight is 668 g/mol. The van der Waals surface area contributed by atoms with E-state index in [1.807, 2.05) is 0 Å². The third kappa shape index (κ3) is 15.7. The van der Waals surface area contributed by atoms with Crippen LogP contribution in [-0.2, 0) is 57.2 Å². The molecule has 5 unspecified atom stereocenters. The summed E-state index contributed by atoms with van der Waals surface area (Å²) in [6.45, 7) is 20.6. The molecule has 14 nitrogen and oxygen atoms in total. The van der Waals surface area contributed by atoms with Gasteiger partial charge in [-0.1, -0.05) is 20.8 Å². The van der Waals surface area contributed by atoms with Crippen molar-refractivity contribution in [3.8, 4) is 0 Å². The van der Waals surface area contributed by atoms with Crippen LogP contribution >= 0.6 is 28.7 Å². The Labute approximate surface area is 254 Å². The van der Waals surface area contributed by atoms with Gasteiger partial charge in [0.1, 0.15) is 0 Å². The number of alkyl halides is 1. The van der Waals surface area contributed by atoms with Gasteiger partial charge in [-0.2, -0.15) is 0 Å². The fraction of sp³-hybridized carbons (Fsp3) is 0.667. The zero-order chi connectivity index (χ0) is 32.5. The Morgan fingerprint density at radius 3 is 1.49 bits per heavy atom. The van der Waals surface area contributed by atoms with Gasteiger partial charge in [-0.15, -0.1) is 0 Å². The van der Waals surface area contributed by atoms with E-state index >= 15 is 0 Å². The molecule has 0 aromatic carbocycles. The van der Waals surface area contributed by atoms with E-state index in [1.165, 1.54) is 54.3 Å². The molecule has 0 aromatic heterocycles. The molecule has 0 N–H and O–H groups in total. The molecule has 3 fully saturated rings. The number of hydrogen-bond acceptors (Lipinski definition) is 15. The van der Waals surface area contributed by atoms with Gasteiger partial charge >= 0.3 is 60.6 Å². The van der Waals surface area contributed by atoms with Crippen LogP contribution in [0.25, 0.3) is 0 Å². The Morgan fingerprint density at radius 2 is 1.17 bits per heavy atom. The van der Waals surface area contributed by atoms with Crippen LogP contribution in [0.15, 0.2) is 16.6 Å². The fourth-order valence-electron chi connectivity index (χ4n) is 2.46. The topological polar surface area (TPSA) is 173 Å². The number of ether oxygens (including phenoxy) is 6. The van der Waals surface area contributed by atoms with Crippen molar-refractivity contribution in [3.63, 3.8) is 0 Å². The van der Waals surface area contributed by atoms with Crippen LogP contribution in [0.2, 0.25) is 0 Å². The first-order valence-corrected chi connectivity index (χ1v) is 13.5. The second-order valence-corrected chi connectivity index (χ2v) is 9.91. The second-order valence-electron chi connectivity index (χ2n) is 8.17. The number of halogens is 1. The van der Waals surface area contributed by atoms with E-state index in [-0.39, 0.29) is 5.76 Å². The SMILES string of the molecule is C=C1OC(=O)C(C)OC1=O.CC1OC(=O)C(C)(Br)OC1=O.CC1OC(=O)C(C)OC1=O.CCN(CC)CC.[B]=NS. The number of carbonyl (C=O) groups excluding carboxylic acids is 6. The summed E-state index contributed by atoms with van der Waals surface area (Å²) in [5, 5.41) is 0. The molecular weight excluding hydrogens is 631 g/mol. The van der Waals surface area contributed by atoms with Crippen molar-refractivity contribution in [3.05, 3.63) is 12.3 Å². The third-order valence-corrected chi connectivity index (χ3v) is 5.42. The average Bonchev–Trinajstić information content (AvgIpc) is 2.88. The number of thiol groups is 1. The van der Waals surface area contributed by atoms with Crippen LogP contribution in [-0.4, -0.2) is 96.9 Å². The van der Waals surface area contributed by atoms with Crippen molar-refractivity contribution in [2.24, 2.45) is 4.30 Å². The monoisotopic (exact) mass is 667 g/mol. The van der Waals surface area contributed by atoms with Crippen molar-refractivity contribution < 1.29 is 57.2 Å². The van der Waals surface area contributed by atoms with E-state index < -0.39 is 64.7 Å². The summed E-state index contributed by atoms with van der Waals surface area (Å²) in [6, 6.07) is 0. The third-order valence-electron chi connectivity index (χ3n) is 4.93. The second kappa shape index (κ2) is 20.2. The molecule has 41 heavy (non-hydrogen) atoms. The van der Waals surface area contributed by atoms with Gasteiger partial charge in [0.25, 0.3) is 4.51 Å². The molecule has 0 aromatic rings. The summed E-state index contributed by atoms with van der Waals surface area (Å²) < 4.78 is 28.8. The normalized spacial score (nSPS) is 26.5. The Hall–Kier alpha value is -2.79. The summed E-state index contributed by atoms with van der Waals surface area (Å²) in [5.41, 5.74) is 0. The number of esters is 6. The predicted octanol–water partition coefficient (Wildman–Crippen LogP) is 1.97. The maximum atomic E-state index is 10.9. The maximum absolute atomic E-state index is 10.9. The Kier molecular flexibility index (Phi) is 19.8. The van der Waals surface area contributed by atoms with E-state index in [2.05, 4.69) is 96.6 Å². The van der Waals surface area contributed by atoms with E-state index in [0.29, 0.717) is 0 Å². The standard InChI is InChI=1S/C6H7BrO4.C6H15N.C6H8O4.C6H6O4.BHNS/c1-3-4(8)11-6(2,7)5(9)10-3;1-4-7(5-2)6-3;2*1-3-5(7)10-4(2)6(8)9-3;1-2-3/h3H,1-2H3;4-6H2,1-3H3;3-4H,1-2H3;4H,1H2,2H3;3H. The molecule has 3 heterocycles. The van der Waals surface area contributed by atoms with Gasteiger partial charge in [0.2, 0.25) is 5.76 Å². The Bertz CT molecular complexity index is 935. The first-order chi connectivity index (χ1) is 18.9. The molecule has 3 saturated heterocycles. The predicted molar refractivity (Wildman–Crippen MR) is 152 cm³/mol. The molecule has 1 radical (unpaired) electrons. The molecule has 231 valence electrons. The molecule has 0 bridgehead atoms. The molecule has 5 atom stereocenters. The summed E-state index contributed by atoms with van der Waals surface area (Å²) in [4.78, 5) is 66.6. The van der Waals surface area contributed by atoms with E-state index in [0.717, 1.165) is 0 Å². The van der Waals surface area contributed by atoms with Gasteiger partial charge in [0.15, 0.2) is 24.4 Å². The van der Waals surface area contributed by atoms with Crippen LogP contribution in [0.4, 0.5) is 0 Å². The van der Waals surface area contributed by atoms with Gasteiger partial charge in [0.05, 0.1) is 0 Å². The molecule has 3 aliphatic heterocycles. The molecule has 0 saturated carbocycles. The number of rotatable bonds is 3. The zero-order valence-electron chi connectivity index (χ0n) is 24.3. The van der Waals surface area contributed by atoms with Gasteiger partial charge < -0.3 is 33.3 Å². The number of hydrogen-bond donors (Lipinski definition) is 1. The molecule has 17 heteroatoms. The first-order valence-electron chi connectivity index (χ1n) is 12.3. The number of carbonyl (C=O) groups is 6. The first kappa shape index (κ1) is 40.4. The Balaban J connectivity index is 0. The van der Waals surface area contributed by atoms with E-state index in [1.54, 1.807) is 0 Å². The van der Waals surface area contributed by atoms with Gasteiger partial charge in [-0.3, -0.25) is 0 Å². The van der Waals surface area contributed by atoms with Gasteiger partial charge in [-0.05, 0) is 76.8 Å². The van der Waals surface area contributed by atoms with Crippen LogP contribution in [0, 0.1) is 0 Å². The molecule has 3 rings (SSSR count). The van der Waals surface area contributed by atoms with Crippen molar-refractivity contribution in [2.45, 2.75) is 84.3 Å². The quantitative estimate of drug-likeness (QED) is 0.116. The summed E-state index contributed by atoms with van der Waals surface area (Å²) in [6.07, 6.45) is -3.10. The summed E-state index contributed by atoms with van der Waals surface area (Å²) in [7, 11) is 4.34. The van der Waals surface area contributed by atoms with Crippen molar-refractivity contribution in [2.75, 3.05) is 19.6 Å². The van der Waals surface area contributed by atoms with Crippen molar-refractivity contribution in [1.82, 2.24) is 4.90 Å². The van der Waals surface area contributed by atoms with Gasteiger partial charge in [-0.25, -0.2) is 28.8 Å². The zero-order valence-corrected chi connectivity index (χ0v) is 26.8.